The van der Waals surface area contributed by atoms with Crippen molar-refractivity contribution in [3.63, 3.8) is 0 Å². The number of carbonyl (C=O) groups excluding carboxylic acids is 1. The molecule has 1 amide bonds. The van der Waals surface area contributed by atoms with Crippen LogP contribution in [0.2, 0.25) is 0 Å². The summed E-state index contributed by atoms with van der Waals surface area (Å²) < 4.78 is 55.9. The van der Waals surface area contributed by atoms with Gasteiger partial charge >= 0.3 is 12.5 Å². The first-order chi connectivity index (χ1) is 13.1. The number of halogens is 4. The number of hydrogen-bond acceptors (Lipinski definition) is 4. The van der Waals surface area contributed by atoms with Crippen LogP contribution in [-0.2, 0) is 0 Å². The van der Waals surface area contributed by atoms with Gasteiger partial charge in [-0.15, -0.1) is 0 Å². The Balaban J connectivity index is 1.82. The minimum absolute atomic E-state index is 0.196. The molecule has 0 aliphatic carbocycles. The average Bonchev–Trinajstić information content (AvgIpc) is 2.65. The second kappa shape index (κ2) is 7.87. The van der Waals surface area contributed by atoms with Crippen LogP contribution >= 0.6 is 0 Å². The third-order valence-electron chi connectivity index (χ3n) is 5.59. The minimum Gasteiger partial charge on any atom is -0.427 e. The maximum absolute atomic E-state index is 13.4. The van der Waals surface area contributed by atoms with Crippen molar-refractivity contribution in [3.05, 3.63) is 29.8 Å². The number of nitrogens with zero attached hydrogens (tertiary/aromatic N) is 2. The van der Waals surface area contributed by atoms with Crippen molar-refractivity contribution < 1.29 is 32.2 Å². The molecule has 2 atom stereocenters. The van der Waals surface area contributed by atoms with Crippen molar-refractivity contribution in [2.24, 2.45) is 5.41 Å². The molecular formula is C19H24F4N2O3. The van der Waals surface area contributed by atoms with Gasteiger partial charge in [0, 0.05) is 31.6 Å². The first-order valence-electron chi connectivity index (χ1n) is 9.24. The smallest absolute Gasteiger partial charge is 0.427 e. The van der Waals surface area contributed by atoms with Crippen LogP contribution in [0.15, 0.2) is 24.3 Å². The topological polar surface area (TPSA) is 53.0 Å². The predicted molar refractivity (Wildman–Crippen MR) is 93.7 cm³/mol. The minimum atomic E-state index is -4.69. The second-order valence-corrected chi connectivity index (χ2v) is 7.70. The van der Waals surface area contributed by atoms with Gasteiger partial charge in [0.2, 0.25) is 0 Å². The molecule has 156 valence electrons. The largest absolute Gasteiger partial charge is 0.461 e. The van der Waals surface area contributed by atoms with E-state index in [9.17, 15) is 27.5 Å². The van der Waals surface area contributed by atoms with Crippen LogP contribution in [0, 0.1) is 5.41 Å². The Bertz CT molecular complexity index is 718. The van der Waals surface area contributed by atoms with E-state index in [1.165, 1.54) is 23.1 Å². The number of alkyl halides is 4. The molecule has 28 heavy (non-hydrogen) atoms. The normalized spacial score (nSPS) is 26.7. The number of amides is 1. The molecule has 1 spiro atoms. The van der Waals surface area contributed by atoms with E-state index in [-0.39, 0.29) is 12.1 Å². The van der Waals surface area contributed by atoms with Gasteiger partial charge in [0.05, 0.1) is 11.7 Å². The van der Waals surface area contributed by atoms with Gasteiger partial charge in [-0.25, -0.2) is 0 Å². The summed E-state index contributed by atoms with van der Waals surface area (Å²) in [5.74, 6) is -1.15. The third-order valence-corrected chi connectivity index (χ3v) is 5.59. The molecule has 0 unspecified atom stereocenters. The zero-order valence-electron chi connectivity index (χ0n) is 15.6. The van der Waals surface area contributed by atoms with E-state index >= 15 is 0 Å². The molecule has 0 saturated carbocycles. The molecule has 0 radical (unpaired) electrons. The summed E-state index contributed by atoms with van der Waals surface area (Å²) >= 11 is 0. The van der Waals surface area contributed by atoms with Gasteiger partial charge in [-0.1, -0.05) is 12.1 Å². The van der Waals surface area contributed by atoms with Crippen LogP contribution < -0.4 is 4.74 Å². The van der Waals surface area contributed by atoms with Crippen LogP contribution in [0.5, 0.6) is 5.75 Å². The van der Waals surface area contributed by atoms with Crippen LogP contribution in [0.25, 0.3) is 0 Å². The molecule has 9 heteroatoms. The number of likely N-dealkylation sites (tertiary alicyclic amines) is 2. The fraction of sp³-hybridized carbons (Fsp3) is 0.632. The van der Waals surface area contributed by atoms with Crippen LogP contribution in [0.3, 0.4) is 0 Å². The van der Waals surface area contributed by atoms with Gasteiger partial charge in [0.1, 0.15) is 5.75 Å². The Morgan fingerprint density at radius 2 is 2.00 bits per heavy atom. The number of benzene rings is 1. The Kier molecular flexibility index (Phi) is 5.86. The average molecular weight is 404 g/mol. The summed E-state index contributed by atoms with van der Waals surface area (Å²) in [6.45, 7) is 2.06. The SMILES string of the molecule is CN1CC[C@H](O)[C@@]2(CCCN(C(=O)c3ccccc3OC(F)(F)C(F)F)C2)C1. The molecular weight excluding hydrogens is 380 g/mol. The highest BCUT2D eigenvalue weighted by atomic mass is 19.3. The maximum atomic E-state index is 13.4. The Morgan fingerprint density at radius 1 is 1.29 bits per heavy atom. The van der Waals surface area contributed by atoms with Gasteiger partial charge in [0.25, 0.3) is 5.91 Å². The first-order valence-corrected chi connectivity index (χ1v) is 9.24. The second-order valence-electron chi connectivity index (χ2n) is 7.70. The lowest BCUT2D eigenvalue weighted by molar-refractivity contribution is -0.253. The molecule has 5 nitrogen and oxygen atoms in total. The van der Waals surface area contributed by atoms with E-state index in [1.807, 2.05) is 7.05 Å². The number of para-hydroxylation sites is 1. The molecule has 0 aromatic heterocycles. The first kappa shape index (κ1) is 20.9. The lowest BCUT2D eigenvalue weighted by atomic mass is 9.71. The van der Waals surface area contributed by atoms with Gasteiger partial charge < -0.3 is 19.6 Å². The van der Waals surface area contributed by atoms with E-state index in [1.54, 1.807) is 0 Å². The molecule has 2 heterocycles. The quantitative estimate of drug-likeness (QED) is 0.785. The Hall–Kier alpha value is -1.87. The number of rotatable bonds is 4. The summed E-state index contributed by atoms with van der Waals surface area (Å²) in [6, 6.07) is 5.16. The van der Waals surface area contributed by atoms with E-state index in [0.29, 0.717) is 25.9 Å². The van der Waals surface area contributed by atoms with E-state index < -0.39 is 35.7 Å². The molecule has 2 saturated heterocycles. The van der Waals surface area contributed by atoms with E-state index in [2.05, 4.69) is 9.64 Å². The fourth-order valence-electron chi connectivity index (χ4n) is 4.20. The van der Waals surface area contributed by atoms with Crippen LogP contribution in [0.1, 0.15) is 29.6 Å². The van der Waals surface area contributed by atoms with Gasteiger partial charge in [-0.3, -0.25) is 4.79 Å². The summed E-state index contributed by atoms with van der Waals surface area (Å²) in [5.41, 5.74) is -0.678. The van der Waals surface area contributed by atoms with E-state index in [0.717, 1.165) is 19.0 Å². The van der Waals surface area contributed by atoms with E-state index in [4.69, 9.17) is 0 Å². The van der Waals surface area contributed by atoms with Gasteiger partial charge in [0.15, 0.2) is 0 Å². The lowest BCUT2D eigenvalue weighted by Gasteiger charge is -2.50. The molecule has 2 fully saturated rings. The van der Waals surface area contributed by atoms with Crippen molar-refractivity contribution in [1.29, 1.82) is 0 Å². The highest BCUT2D eigenvalue weighted by Crippen LogP contribution is 2.39. The molecule has 2 aliphatic rings. The predicted octanol–water partition coefficient (Wildman–Crippen LogP) is 2.84. The molecule has 1 aromatic rings. The number of aliphatic hydroxyl groups is 1. The van der Waals surface area contributed by atoms with Crippen LogP contribution in [-0.4, -0.2) is 72.7 Å². The summed E-state index contributed by atoms with van der Waals surface area (Å²) in [6.07, 6.45) is -7.26. The molecule has 3 rings (SSSR count). The summed E-state index contributed by atoms with van der Waals surface area (Å²) in [5, 5.41) is 10.6. The van der Waals surface area contributed by atoms with Gasteiger partial charge in [-0.2, -0.15) is 17.6 Å². The zero-order chi connectivity index (χ0) is 20.5. The number of aliphatic hydroxyl groups excluding tert-OH is 1. The number of carbonyl (C=O) groups is 1. The van der Waals surface area contributed by atoms with Crippen molar-refractivity contribution in [2.75, 3.05) is 33.2 Å². The van der Waals surface area contributed by atoms with Crippen molar-refractivity contribution in [3.8, 4) is 5.75 Å². The monoisotopic (exact) mass is 404 g/mol. The number of ether oxygens (including phenoxy) is 1. The van der Waals surface area contributed by atoms with Crippen LogP contribution in [0.4, 0.5) is 17.6 Å². The highest BCUT2D eigenvalue weighted by Gasteiger charge is 2.47. The summed E-state index contributed by atoms with van der Waals surface area (Å²) in [7, 11) is 1.95. The molecule has 2 aliphatic heterocycles. The number of piperidine rings is 2. The van der Waals surface area contributed by atoms with Gasteiger partial charge in [-0.05, 0) is 38.4 Å². The summed E-state index contributed by atoms with van der Waals surface area (Å²) in [4.78, 5) is 16.6. The molecule has 0 bridgehead atoms. The number of hydrogen-bond donors (Lipinski definition) is 1. The molecule has 1 aromatic carbocycles. The zero-order valence-corrected chi connectivity index (χ0v) is 15.6. The third kappa shape index (κ3) is 4.10. The lowest BCUT2D eigenvalue weighted by Crippen LogP contribution is -2.59. The Labute approximate surface area is 160 Å². The Morgan fingerprint density at radius 3 is 2.71 bits per heavy atom. The fourth-order valence-corrected chi connectivity index (χ4v) is 4.20. The van der Waals surface area contributed by atoms with Crippen molar-refractivity contribution >= 4 is 5.91 Å². The standard InChI is InChI=1S/C19H24F4N2O3/c1-24-10-7-15(26)18(11-24)8-4-9-25(12-18)16(27)13-5-2-3-6-14(13)28-19(22,23)17(20)21/h2-3,5-6,15,17,26H,4,7-12H2,1H3/t15-,18-/m0/s1. The maximum Gasteiger partial charge on any atom is 0.461 e. The highest BCUT2D eigenvalue weighted by molar-refractivity contribution is 5.97. The molecule has 1 N–H and O–H groups in total. The van der Waals surface area contributed by atoms with Crippen molar-refractivity contribution in [2.45, 2.75) is 37.9 Å². The van der Waals surface area contributed by atoms with Crippen molar-refractivity contribution in [1.82, 2.24) is 9.80 Å².